The van der Waals surface area contributed by atoms with E-state index in [2.05, 4.69) is 5.32 Å². The van der Waals surface area contributed by atoms with Crippen LogP contribution in [0.1, 0.15) is 11.1 Å². The van der Waals surface area contributed by atoms with Crippen LogP contribution in [0.4, 0.5) is 5.69 Å². The van der Waals surface area contributed by atoms with Crippen LogP contribution < -0.4 is 15.8 Å². The minimum absolute atomic E-state index is 0.0132. The molecule has 8 heteroatoms. The van der Waals surface area contributed by atoms with Crippen molar-refractivity contribution in [2.75, 3.05) is 7.11 Å². The molecule has 0 saturated carbocycles. The van der Waals surface area contributed by atoms with Gasteiger partial charge in [0.2, 0.25) is 11.8 Å². The van der Waals surface area contributed by atoms with Crippen LogP contribution >= 0.6 is 0 Å². The molecule has 0 fully saturated rings. The number of hydrogen-bond donors (Lipinski definition) is 2. The number of ether oxygens (including phenoxy) is 1. The molecule has 3 N–H and O–H groups in total. The highest BCUT2D eigenvalue weighted by atomic mass is 16.6. The van der Waals surface area contributed by atoms with E-state index >= 15 is 0 Å². The summed E-state index contributed by atoms with van der Waals surface area (Å²) < 4.78 is 5.17. The molecule has 0 aliphatic heterocycles. The van der Waals surface area contributed by atoms with E-state index in [1.165, 1.54) is 25.3 Å². The Morgan fingerprint density at radius 2 is 1.92 bits per heavy atom. The Morgan fingerprint density at radius 3 is 2.50 bits per heavy atom. The molecular formula is C18H19N3O5. The Hall–Kier alpha value is -3.42. The first-order chi connectivity index (χ1) is 12.4. The number of carbonyl (C=O) groups is 2. The van der Waals surface area contributed by atoms with Crippen molar-refractivity contribution in [3.05, 3.63) is 69.8 Å². The van der Waals surface area contributed by atoms with E-state index < -0.39 is 16.9 Å². The smallest absolute Gasteiger partial charge is 0.269 e. The number of nitrogens with one attached hydrogen (secondary N) is 1. The fourth-order valence-electron chi connectivity index (χ4n) is 2.51. The monoisotopic (exact) mass is 357 g/mol. The Bertz CT molecular complexity index is 808. The lowest BCUT2D eigenvalue weighted by molar-refractivity contribution is -0.384. The lowest BCUT2D eigenvalue weighted by atomic mass is 10.0. The van der Waals surface area contributed by atoms with Gasteiger partial charge in [-0.1, -0.05) is 30.3 Å². The molecule has 0 saturated heterocycles. The van der Waals surface area contributed by atoms with Gasteiger partial charge in [-0.3, -0.25) is 19.7 Å². The van der Waals surface area contributed by atoms with E-state index in [-0.39, 0.29) is 24.4 Å². The minimum atomic E-state index is -1.01. The van der Waals surface area contributed by atoms with Crippen molar-refractivity contribution in [1.29, 1.82) is 0 Å². The zero-order valence-corrected chi connectivity index (χ0v) is 14.2. The van der Waals surface area contributed by atoms with Crippen LogP contribution in [0.5, 0.6) is 5.75 Å². The highest BCUT2D eigenvalue weighted by molar-refractivity contribution is 5.87. The van der Waals surface area contributed by atoms with Crippen LogP contribution in [-0.2, 0) is 22.4 Å². The van der Waals surface area contributed by atoms with Crippen molar-refractivity contribution in [2.45, 2.75) is 18.9 Å². The second-order valence-electron chi connectivity index (χ2n) is 5.64. The van der Waals surface area contributed by atoms with Crippen molar-refractivity contribution in [3.8, 4) is 5.75 Å². The number of primary amides is 1. The van der Waals surface area contributed by atoms with Crippen LogP contribution in [0.25, 0.3) is 0 Å². The molecule has 0 unspecified atom stereocenters. The number of nitrogens with zero attached hydrogens (tertiary/aromatic N) is 1. The van der Waals surface area contributed by atoms with E-state index in [0.29, 0.717) is 11.3 Å². The van der Waals surface area contributed by atoms with Gasteiger partial charge in [0.05, 0.1) is 18.5 Å². The second kappa shape index (κ2) is 8.61. The number of amides is 2. The van der Waals surface area contributed by atoms with Gasteiger partial charge in [-0.15, -0.1) is 0 Å². The van der Waals surface area contributed by atoms with Gasteiger partial charge in [0.1, 0.15) is 11.8 Å². The third-order valence-electron chi connectivity index (χ3n) is 3.79. The summed E-state index contributed by atoms with van der Waals surface area (Å²) in [4.78, 5) is 34.3. The predicted octanol–water partition coefficient (Wildman–Crippen LogP) is 1.36. The summed E-state index contributed by atoms with van der Waals surface area (Å²) in [5, 5.41) is 13.5. The van der Waals surface area contributed by atoms with Gasteiger partial charge in [0.15, 0.2) is 0 Å². The van der Waals surface area contributed by atoms with Gasteiger partial charge in [-0.25, -0.2) is 0 Å². The summed E-state index contributed by atoms with van der Waals surface area (Å²) in [7, 11) is 1.41. The van der Waals surface area contributed by atoms with Crippen LogP contribution in [0.15, 0.2) is 48.5 Å². The lowest BCUT2D eigenvalue weighted by Crippen LogP contribution is -2.46. The van der Waals surface area contributed by atoms with Crippen molar-refractivity contribution < 1.29 is 19.2 Å². The number of nitro groups is 1. The van der Waals surface area contributed by atoms with Crippen molar-refractivity contribution >= 4 is 17.5 Å². The summed E-state index contributed by atoms with van der Waals surface area (Å²) >= 11 is 0. The van der Waals surface area contributed by atoms with Gasteiger partial charge in [0, 0.05) is 24.1 Å². The summed E-state index contributed by atoms with van der Waals surface area (Å²) in [6.45, 7) is 0. The first kappa shape index (κ1) is 18.9. The number of rotatable bonds is 8. The SMILES string of the molecule is COc1ccc([N+](=O)[O-])cc1C[C@H](NC(=O)Cc1ccccc1)C(N)=O. The van der Waals surface area contributed by atoms with Gasteiger partial charge in [0.25, 0.3) is 5.69 Å². The van der Waals surface area contributed by atoms with Crippen molar-refractivity contribution in [2.24, 2.45) is 5.73 Å². The number of carbonyl (C=O) groups excluding carboxylic acids is 2. The topological polar surface area (TPSA) is 125 Å². The average molecular weight is 357 g/mol. The molecule has 2 amide bonds. The molecule has 2 aromatic rings. The predicted molar refractivity (Wildman–Crippen MR) is 94.6 cm³/mol. The van der Waals surface area contributed by atoms with Crippen LogP contribution in [-0.4, -0.2) is 29.9 Å². The Kier molecular flexibility index (Phi) is 6.26. The Balaban J connectivity index is 2.15. The van der Waals surface area contributed by atoms with Crippen molar-refractivity contribution in [3.63, 3.8) is 0 Å². The lowest BCUT2D eigenvalue weighted by Gasteiger charge is -2.17. The zero-order chi connectivity index (χ0) is 19.1. The normalized spacial score (nSPS) is 11.4. The molecule has 8 nitrogen and oxygen atoms in total. The maximum absolute atomic E-state index is 12.2. The molecule has 0 radical (unpaired) electrons. The molecule has 26 heavy (non-hydrogen) atoms. The Morgan fingerprint density at radius 1 is 1.23 bits per heavy atom. The highest BCUT2D eigenvalue weighted by Gasteiger charge is 2.22. The summed E-state index contributed by atoms with van der Waals surface area (Å²) in [6.07, 6.45) is 0.0808. The van der Waals surface area contributed by atoms with Gasteiger partial charge in [-0.2, -0.15) is 0 Å². The van der Waals surface area contributed by atoms with E-state index in [0.717, 1.165) is 5.56 Å². The molecule has 0 aliphatic rings. The minimum Gasteiger partial charge on any atom is -0.496 e. The van der Waals surface area contributed by atoms with E-state index in [4.69, 9.17) is 10.5 Å². The molecule has 0 aliphatic carbocycles. The molecular weight excluding hydrogens is 338 g/mol. The zero-order valence-electron chi connectivity index (χ0n) is 14.2. The second-order valence-corrected chi connectivity index (χ2v) is 5.64. The first-order valence-electron chi connectivity index (χ1n) is 7.84. The number of non-ortho nitro benzene ring substituents is 1. The van der Waals surface area contributed by atoms with Gasteiger partial charge in [-0.05, 0) is 11.6 Å². The Labute approximate surface area is 150 Å². The largest absolute Gasteiger partial charge is 0.496 e. The molecule has 136 valence electrons. The summed E-state index contributed by atoms with van der Waals surface area (Å²) in [5.74, 6) is -0.733. The third-order valence-corrected chi connectivity index (χ3v) is 3.79. The van der Waals surface area contributed by atoms with Crippen molar-refractivity contribution in [1.82, 2.24) is 5.32 Å². The van der Waals surface area contributed by atoms with Gasteiger partial charge < -0.3 is 15.8 Å². The fourth-order valence-corrected chi connectivity index (χ4v) is 2.51. The van der Waals surface area contributed by atoms with Gasteiger partial charge >= 0.3 is 0 Å². The number of nitrogens with two attached hydrogens (primary N) is 1. The average Bonchev–Trinajstić information content (AvgIpc) is 2.61. The number of nitro benzene ring substituents is 1. The molecule has 2 aromatic carbocycles. The van der Waals surface area contributed by atoms with Crippen LogP contribution in [0.3, 0.4) is 0 Å². The summed E-state index contributed by atoms with van der Waals surface area (Å²) in [5.41, 5.74) is 6.45. The highest BCUT2D eigenvalue weighted by Crippen LogP contribution is 2.25. The number of hydrogen-bond acceptors (Lipinski definition) is 5. The molecule has 1 atom stereocenters. The van der Waals surface area contributed by atoms with E-state index in [1.54, 1.807) is 12.1 Å². The van der Waals surface area contributed by atoms with Crippen LogP contribution in [0.2, 0.25) is 0 Å². The first-order valence-corrected chi connectivity index (χ1v) is 7.84. The fraction of sp³-hybridized carbons (Fsp3) is 0.222. The molecule has 0 heterocycles. The molecule has 2 rings (SSSR count). The molecule has 0 spiro atoms. The number of methoxy groups -OCH3 is 1. The number of benzene rings is 2. The molecule has 0 aromatic heterocycles. The van der Waals surface area contributed by atoms with E-state index in [1.807, 2.05) is 18.2 Å². The quantitative estimate of drug-likeness (QED) is 0.545. The van der Waals surface area contributed by atoms with Crippen LogP contribution in [0, 0.1) is 10.1 Å². The third kappa shape index (κ3) is 5.04. The summed E-state index contributed by atoms with van der Waals surface area (Å²) in [6, 6.07) is 12.1. The van der Waals surface area contributed by atoms with E-state index in [9.17, 15) is 19.7 Å². The maximum atomic E-state index is 12.2. The molecule has 0 bridgehead atoms. The maximum Gasteiger partial charge on any atom is 0.269 e. The standard InChI is InChI=1S/C18H19N3O5/c1-26-16-8-7-14(21(24)25)10-13(16)11-15(18(19)23)20-17(22)9-12-5-3-2-4-6-12/h2-8,10,15H,9,11H2,1H3,(H2,19,23)(H,20,22)/t15-/m0/s1.